The molecule has 0 radical (unpaired) electrons. The Morgan fingerprint density at radius 3 is 2.30 bits per heavy atom. The Balaban J connectivity index is 1.58. The lowest BCUT2D eigenvalue weighted by Crippen LogP contribution is -2.41. The second kappa shape index (κ2) is 7.94. The summed E-state index contributed by atoms with van der Waals surface area (Å²) in [5.74, 6) is -1.23. The van der Waals surface area contributed by atoms with Crippen molar-refractivity contribution in [2.24, 2.45) is 11.3 Å². The minimum atomic E-state index is -0.789. The van der Waals surface area contributed by atoms with Crippen molar-refractivity contribution in [2.75, 3.05) is 18.4 Å². The van der Waals surface area contributed by atoms with E-state index in [0.29, 0.717) is 43.6 Å². The molecule has 0 bridgehead atoms. The first-order chi connectivity index (χ1) is 12.9. The van der Waals surface area contributed by atoms with Gasteiger partial charge < -0.3 is 15.3 Å². The Hall–Kier alpha value is -2.63. The first-order valence-corrected chi connectivity index (χ1v) is 9.50. The van der Waals surface area contributed by atoms with E-state index in [-0.39, 0.29) is 23.1 Å². The molecule has 0 atom stereocenters. The van der Waals surface area contributed by atoms with Crippen LogP contribution in [-0.2, 0) is 9.59 Å². The van der Waals surface area contributed by atoms with Gasteiger partial charge in [-0.3, -0.25) is 14.4 Å². The van der Waals surface area contributed by atoms with Crippen molar-refractivity contribution in [2.45, 2.75) is 38.5 Å². The molecule has 3 rings (SSSR count). The Kier molecular flexibility index (Phi) is 5.63. The predicted molar refractivity (Wildman–Crippen MR) is 102 cm³/mol. The SMILES string of the molecule is C=CCC1(C(=O)Nc2ccc(C(=O)N3CCC(C(=O)O)CC3)cc2)CCC1. The second-order valence-corrected chi connectivity index (χ2v) is 7.56. The van der Waals surface area contributed by atoms with Crippen LogP contribution in [-0.4, -0.2) is 40.9 Å². The van der Waals surface area contributed by atoms with Gasteiger partial charge in [0, 0.05) is 24.3 Å². The summed E-state index contributed by atoms with van der Waals surface area (Å²) in [6.07, 6.45) is 6.28. The van der Waals surface area contributed by atoms with E-state index < -0.39 is 5.97 Å². The van der Waals surface area contributed by atoms with E-state index in [1.165, 1.54) is 0 Å². The van der Waals surface area contributed by atoms with Crippen LogP contribution < -0.4 is 5.32 Å². The average Bonchev–Trinajstić information content (AvgIpc) is 2.64. The number of hydrogen-bond donors (Lipinski definition) is 2. The number of allylic oxidation sites excluding steroid dienone is 1. The van der Waals surface area contributed by atoms with Crippen molar-refractivity contribution >= 4 is 23.5 Å². The fourth-order valence-electron chi connectivity index (χ4n) is 3.88. The fourth-order valence-corrected chi connectivity index (χ4v) is 3.88. The Morgan fingerprint density at radius 2 is 1.81 bits per heavy atom. The zero-order chi connectivity index (χ0) is 19.4. The number of carbonyl (C=O) groups excluding carboxylic acids is 2. The number of benzene rings is 1. The first-order valence-electron chi connectivity index (χ1n) is 9.50. The number of carbonyl (C=O) groups is 3. The second-order valence-electron chi connectivity index (χ2n) is 7.56. The third-order valence-corrected chi connectivity index (χ3v) is 5.85. The van der Waals surface area contributed by atoms with Crippen LogP contribution >= 0.6 is 0 Å². The summed E-state index contributed by atoms with van der Waals surface area (Å²) in [6.45, 7) is 4.67. The summed E-state index contributed by atoms with van der Waals surface area (Å²) in [5, 5.41) is 12.0. The third kappa shape index (κ3) is 4.04. The Labute approximate surface area is 159 Å². The van der Waals surface area contributed by atoms with Gasteiger partial charge in [0.2, 0.25) is 5.91 Å². The number of carboxylic acid groups (broad SMARTS) is 1. The topological polar surface area (TPSA) is 86.7 Å². The van der Waals surface area contributed by atoms with E-state index in [1.807, 2.05) is 0 Å². The van der Waals surface area contributed by atoms with Crippen molar-refractivity contribution in [1.29, 1.82) is 0 Å². The van der Waals surface area contributed by atoms with Crippen molar-refractivity contribution in [3.63, 3.8) is 0 Å². The van der Waals surface area contributed by atoms with Crippen molar-refractivity contribution in [1.82, 2.24) is 4.90 Å². The van der Waals surface area contributed by atoms with E-state index >= 15 is 0 Å². The van der Waals surface area contributed by atoms with Crippen molar-refractivity contribution in [3.05, 3.63) is 42.5 Å². The summed E-state index contributed by atoms with van der Waals surface area (Å²) in [6, 6.07) is 6.91. The van der Waals surface area contributed by atoms with Gasteiger partial charge in [-0.25, -0.2) is 0 Å². The van der Waals surface area contributed by atoms with E-state index in [0.717, 1.165) is 19.3 Å². The average molecular weight is 370 g/mol. The Morgan fingerprint density at radius 1 is 1.19 bits per heavy atom. The maximum atomic E-state index is 12.6. The summed E-state index contributed by atoms with van der Waals surface area (Å²) < 4.78 is 0. The van der Waals surface area contributed by atoms with E-state index in [9.17, 15) is 14.4 Å². The lowest BCUT2D eigenvalue weighted by Gasteiger charge is -2.39. The molecule has 1 aromatic carbocycles. The molecule has 1 aromatic rings. The molecule has 1 saturated heterocycles. The quantitative estimate of drug-likeness (QED) is 0.752. The van der Waals surface area contributed by atoms with Crippen LogP contribution in [0.15, 0.2) is 36.9 Å². The Bertz CT molecular complexity index is 729. The molecular weight excluding hydrogens is 344 g/mol. The van der Waals surface area contributed by atoms with Crippen LogP contribution in [0.1, 0.15) is 48.9 Å². The molecule has 6 nitrogen and oxygen atoms in total. The maximum absolute atomic E-state index is 12.6. The number of nitrogens with zero attached hydrogens (tertiary/aromatic N) is 1. The van der Waals surface area contributed by atoms with E-state index in [4.69, 9.17) is 5.11 Å². The van der Waals surface area contributed by atoms with Crippen LogP contribution in [0.2, 0.25) is 0 Å². The molecular formula is C21H26N2O4. The summed E-state index contributed by atoms with van der Waals surface area (Å²) in [5.41, 5.74) is 0.896. The van der Waals surface area contributed by atoms with Gasteiger partial charge in [-0.05, 0) is 56.4 Å². The monoisotopic (exact) mass is 370 g/mol. The maximum Gasteiger partial charge on any atom is 0.306 e. The first kappa shape index (κ1) is 19.1. The van der Waals surface area contributed by atoms with Crippen LogP contribution in [0, 0.1) is 11.3 Å². The molecule has 27 heavy (non-hydrogen) atoms. The van der Waals surface area contributed by atoms with Gasteiger partial charge in [0.05, 0.1) is 11.3 Å². The van der Waals surface area contributed by atoms with Gasteiger partial charge in [-0.2, -0.15) is 0 Å². The minimum Gasteiger partial charge on any atom is -0.481 e. The molecule has 6 heteroatoms. The zero-order valence-corrected chi connectivity index (χ0v) is 15.4. The molecule has 2 N–H and O–H groups in total. The normalized spacial score (nSPS) is 19.0. The summed E-state index contributed by atoms with van der Waals surface area (Å²) in [4.78, 5) is 37.9. The number of piperidine rings is 1. The van der Waals surface area contributed by atoms with Crippen LogP contribution in [0.25, 0.3) is 0 Å². The lowest BCUT2D eigenvalue weighted by molar-refractivity contribution is -0.143. The highest BCUT2D eigenvalue weighted by Gasteiger charge is 2.42. The van der Waals surface area contributed by atoms with E-state index in [1.54, 1.807) is 35.2 Å². The summed E-state index contributed by atoms with van der Waals surface area (Å²) >= 11 is 0. The van der Waals surface area contributed by atoms with Gasteiger partial charge in [0.1, 0.15) is 0 Å². The number of nitrogens with one attached hydrogen (secondary N) is 1. The van der Waals surface area contributed by atoms with Gasteiger partial charge in [-0.15, -0.1) is 6.58 Å². The molecule has 0 unspecified atom stereocenters. The van der Waals surface area contributed by atoms with Crippen LogP contribution in [0.3, 0.4) is 0 Å². The van der Waals surface area contributed by atoms with Gasteiger partial charge in [0.25, 0.3) is 5.91 Å². The van der Waals surface area contributed by atoms with Gasteiger partial charge in [-0.1, -0.05) is 12.5 Å². The molecule has 144 valence electrons. The number of rotatable bonds is 6. The molecule has 1 aliphatic carbocycles. The number of hydrogen-bond acceptors (Lipinski definition) is 3. The number of amides is 2. The molecule has 2 fully saturated rings. The van der Waals surface area contributed by atoms with Crippen molar-refractivity contribution < 1.29 is 19.5 Å². The van der Waals surface area contributed by atoms with Crippen molar-refractivity contribution in [3.8, 4) is 0 Å². The number of aliphatic carboxylic acids is 1. The van der Waals surface area contributed by atoms with Crippen LogP contribution in [0.5, 0.6) is 0 Å². The standard InChI is InChI=1S/C21H26N2O4/c1-2-10-21(11-3-12-21)20(27)22-17-6-4-15(5-7-17)18(24)23-13-8-16(9-14-23)19(25)26/h2,4-7,16H,1,3,8-14H2,(H,22,27)(H,25,26). The smallest absolute Gasteiger partial charge is 0.306 e. The molecule has 0 spiro atoms. The fraction of sp³-hybridized carbons (Fsp3) is 0.476. The zero-order valence-electron chi connectivity index (χ0n) is 15.4. The lowest BCUT2D eigenvalue weighted by atomic mass is 9.66. The highest BCUT2D eigenvalue weighted by Crippen LogP contribution is 2.45. The number of anilines is 1. The highest BCUT2D eigenvalue weighted by molar-refractivity contribution is 5.98. The summed E-state index contributed by atoms with van der Waals surface area (Å²) in [7, 11) is 0. The van der Waals surface area contributed by atoms with E-state index in [2.05, 4.69) is 11.9 Å². The molecule has 2 amide bonds. The van der Waals surface area contributed by atoms with Gasteiger partial charge in [0.15, 0.2) is 0 Å². The molecule has 2 aliphatic rings. The molecule has 0 aromatic heterocycles. The number of likely N-dealkylation sites (tertiary alicyclic amines) is 1. The molecule has 1 aliphatic heterocycles. The minimum absolute atomic E-state index is 0.0171. The van der Waals surface area contributed by atoms with Gasteiger partial charge >= 0.3 is 5.97 Å². The predicted octanol–water partition coefficient (Wildman–Crippen LogP) is 3.31. The largest absolute Gasteiger partial charge is 0.481 e. The molecule has 1 heterocycles. The highest BCUT2D eigenvalue weighted by atomic mass is 16.4. The van der Waals surface area contributed by atoms with Crippen LogP contribution in [0.4, 0.5) is 5.69 Å². The molecule has 1 saturated carbocycles. The third-order valence-electron chi connectivity index (χ3n) is 5.85. The number of carboxylic acids is 1.